The van der Waals surface area contributed by atoms with Crippen LogP contribution in [-0.2, 0) is 15.8 Å². The predicted octanol–water partition coefficient (Wildman–Crippen LogP) is 2.11. The van der Waals surface area contributed by atoms with Crippen LogP contribution in [0.2, 0.25) is 5.02 Å². The van der Waals surface area contributed by atoms with Crippen molar-refractivity contribution in [1.29, 1.82) is 0 Å². The first-order valence-corrected chi connectivity index (χ1v) is 10.6. The maximum atomic E-state index is 12.1. The SMILES string of the molecule is [2H]C([2H])(c1ccc(OCCOCC(F)F)cc1)c1cc([C@@H]2O[C@H](CO)[C@@H](O)[C@H](O)[C@H]2O)ccc1Cl. The molecule has 10 heteroatoms. The third-order valence-corrected chi connectivity index (χ3v) is 5.41. The van der Waals surface area contributed by atoms with Crippen LogP contribution in [-0.4, -0.2) is 77.7 Å². The van der Waals surface area contributed by atoms with E-state index in [-0.39, 0.29) is 29.4 Å². The van der Waals surface area contributed by atoms with Crippen LogP contribution in [0.4, 0.5) is 8.78 Å². The van der Waals surface area contributed by atoms with Gasteiger partial charge in [-0.3, -0.25) is 0 Å². The Balaban J connectivity index is 1.77. The van der Waals surface area contributed by atoms with Crippen LogP contribution < -0.4 is 4.74 Å². The lowest BCUT2D eigenvalue weighted by atomic mass is 9.90. The molecule has 0 spiro atoms. The number of benzene rings is 2. The molecule has 1 heterocycles. The number of hydrogen-bond donors (Lipinski definition) is 4. The first-order valence-electron chi connectivity index (χ1n) is 11.3. The van der Waals surface area contributed by atoms with Gasteiger partial charge in [-0.15, -0.1) is 0 Å². The molecule has 1 saturated heterocycles. The van der Waals surface area contributed by atoms with Crippen LogP contribution in [0.1, 0.15) is 25.5 Å². The van der Waals surface area contributed by atoms with E-state index in [4.69, 9.17) is 28.6 Å². The van der Waals surface area contributed by atoms with E-state index in [9.17, 15) is 29.2 Å². The molecule has 2 aromatic carbocycles. The average Bonchev–Trinajstić information content (AvgIpc) is 2.83. The van der Waals surface area contributed by atoms with Crippen molar-refractivity contribution in [2.75, 3.05) is 26.4 Å². The van der Waals surface area contributed by atoms with E-state index >= 15 is 0 Å². The number of alkyl halides is 2. The molecule has 0 aromatic heterocycles. The number of halogens is 3. The molecule has 0 unspecified atom stereocenters. The van der Waals surface area contributed by atoms with Gasteiger partial charge in [0.1, 0.15) is 49.5 Å². The van der Waals surface area contributed by atoms with Crippen LogP contribution in [0.15, 0.2) is 42.5 Å². The van der Waals surface area contributed by atoms with Crippen LogP contribution in [0.5, 0.6) is 5.75 Å². The van der Waals surface area contributed by atoms with E-state index in [0.29, 0.717) is 11.3 Å². The van der Waals surface area contributed by atoms with Gasteiger partial charge >= 0.3 is 0 Å². The van der Waals surface area contributed by atoms with Gasteiger partial charge in [-0.1, -0.05) is 35.9 Å². The lowest BCUT2D eigenvalue weighted by molar-refractivity contribution is -0.231. The molecular weight excluding hydrogens is 462 g/mol. The number of hydrogen-bond acceptors (Lipinski definition) is 7. The van der Waals surface area contributed by atoms with Crippen LogP contribution in [0.3, 0.4) is 0 Å². The predicted molar refractivity (Wildman–Crippen MR) is 116 cm³/mol. The zero-order valence-corrected chi connectivity index (χ0v) is 18.2. The Morgan fingerprint density at radius 1 is 1.03 bits per heavy atom. The summed E-state index contributed by atoms with van der Waals surface area (Å²) in [6, 6.07) is 10.4. The highest BCUT2D eigenvalue weighted by atomic mass is 35.5. The standard InChI is InChI=1S/C23H27ClF2O7/c24-17-6-3-14(23-22(30)21(29)20(28)18(11-27)33-23)10-15(17)9-13-1-4-16(5-2-13)32-8-7-31-12-19(25)26/h1-6,10,18-23,27-30H,7-9,11-12H2/t18-,20-,21+,22-,23+/m1/s1/i9D2. The fourth-order valence-electron chi connectivity index (χ4n) is 3.37. The fourth-order valence-corrected chi connectivity index (χ4v) is 3.54. The monoisotopic (exact) mass is 490 g/mol. The number of aliphatic hydroxyl groups is 4. The fraction of sp³-hybridized carbons (Fsp3) is 0.478. The van der Waals surface area contributed by atoms with Crippen molar-refractivity contribution in [3.63, 3.8) is 0 Å². The minimum atomic E-state index is -2.55. The van der Waals surface area contributed by atoms with Gasteiger partial charge in [0.15, 0.2) is 0 Å². The molecule has 0 saturated carbocycles. The van der Waals surface area contributed by atoms with E-state index < -0.39 is 56.5 Å². The van der Waals surface area contributed by atoms with Gasteiger partial charge in [-0.05, 0) is 41.3 Å². The zero-order valence-electron chi connectivity index (χ0n) is 19.5. The zero-order chi connectivity index (χ0) is 25.8. The highest BCUT2D eigenvalue weighted by Gasteiger charge is 2.44. The molecule has 1 fully saturated rings. The van der Waals surface area contributed by atoms with Crippen molar-refractivity contribution in [2.45, 2.75) is 43.3 Å². The summed E-state index contributed by atoms with van der Waals surface area (Å²) in [5.41, 5.74) is 0.614. The van der Waals surface area contributed by atoms with Gasteiger partial charge in [-0.2, -0.15) is 0 Å². The first-order chi connectivity index (χ1) is 16.6. The number of ether oxygens (including phenoxy) is 3. The molecular formula is C23H27ClF2O7. The van der Waals surface area contributed by atoms with E-state index in [0.717, 1.165) is 0 Å². The maximum absolute atomic E-state index is 12.1. The van der Waals surface area contributed by atoms with Crippen LogP contribution in [0, 0.1) is 0 Å². The quantitative estimate of drug-likeness (QED) is 0.378. The summed E-state index contributed by atoms with van der Waals surface area (Å²) in [6.45, 7) is -1.24. The third kappa shape index (κ3) is 6.83. The Hall–Kier alpha value is -1.85. The lowest BCUT2D eigenvalue weighted by Crippen LogP contribution is -2.55. The highest BCUT2D eigenvalue weighted by molar-refractivity contribution is 6.31. The van der Waals surface area contributed by atoms with Gasteiger partial charge in [0.25, 0.3) is 6.43 Å². The summed E-state index contributed by atoms with van der Waals surface area (Å²) >= 11 is 6.30. The van der Waals surface area contributed by atoms with E-state index in [1.165, 1.54) is 42.5 Å². The number of rotatable bonds is 10. The summed E-state index contributed by atoms with van der Waals surface area (Å²) in [5, 5.41) is 40.0. The molecule has 5 atom stereocenters. The minimum Gasteiger partial charge on any atom is -0.491 e. The third-order valence-electron chi connectivity index (χ3n) is 5.08. The van der Waals surface area contributed by atoms with Gasteiger partial charge < -0.3 is 34.6 Å². The van der Waals surface area contributed by atoms with Crippen molar-refractivity contribution in [1.82, 2.24) is 0 Å². The Kier molecular flexibility index (Phi) is 8.35. The molecule has 7 nitrogen and oxygen atoms in total. The topological polar surface area (TPSA) is 109 Å². The Morgan fingerprint density at radius 2 is 1.76 bits per heavy atom. The molecule has 3 rings (SSSR count). The first kappa shape index (κ1) is 22.9. The Bertz CT molecular complexity index is 965. The van der Waals surface area contributed by atoms with E-state index in [2.05, 4.69) is 0 Å². The van der Waals surface area contributed by atoms with E-state index in [1.807, 2.05) is 0 Å². The summed E-state index contributed by atoms with van der Waals surface area (Å²) < 4.78 is 57.2. The second-order valence-corrected chi connectivity index (χ2v) is 7.86. The Labute approximate surface area is 197 Å². The van der Waals surface area contributed by atoms with E-state index in [1.54, 1.807) is 0 Å². The second kappa shape index (κ2) is 12.0. The molecule has 0 bridgehead atoms. The average molecular weight is 491 g/mol. The highest BCUT2D eigenvalue weighted by Crippen LogP contribution is 2.34. The number of aliphatic hydroxyl groups excluding tert-OH is 4. The van der Waals surface area contributed by atoms with Gasteiger partial charge in [0.05, 0.1) is 13.2 Å². The molecule has 182 valence electrons. The van der Waals surface area contributed by atoms with Crippen LogP contribution in [0.25, 0.3) is 0 Å². The summed E-state index contributed by atoms with van der Waals surface area (Å²) in [6.07, 6.45) is -11.5. The van der Waals surface area contributed by atoms with Crippen molar-refractivity contribution in [2.24, 2.45) is 0 Å². The smallest absolute Gasteiger partial charge is 0.261 e. The molecule has 4 N–H and O–H groups in total. The molecule has 0 radical (unpaired) electrons. The summed E-state index contributed by atoms with van der Waals surface area (Å²) in [7, 11) is 0. The summed E-state index contributed by atoms with van der Waals surface area (Å²) in [5.74, 6) is 0.395. The Morgan fingerprint density at radius 3 is 2.42 bits per heavy atom. The second-order valence-electron chi connectivity index (χ2n) is 7.45. The van der Waals surface area contributed by atoms with Gasteiger partial charge in [0.2, 0.25) is 0 Å². The largest absolute Gasteiger partial charge is 0.491 e. The molecule has 33 heavy (non-hydrogen) atoms. The van der Waals surface area contributed by atoms with Gasteiger partial charge in [-0.25, -0.2) is 8.78 Å². The van der Waals surface area contributed by atoms with Gasteiger partial charge in [0, 0.05) is 7.76 Å². The van der Waals surface area contributed by atoms with Crippen LogP contribution >= 0.6 is 11.6 Å². The van der Waals surface area contributed by atoms with Crippen molar-refractivity contribution < 1.29 is 46.2 Å². The maximum Gasteiger partial charge on any atom is 0.261 e. The lowest BCUT2D eigenvalue weighted by Gasteiger charge is -2.40. The minimum absolute atomic E-state index is 0.0206. The molecule has 1 aliphatic rings. The molecule has 0 amide bonds. The summed E-state index contributed by atoms with van der Waals surface area (Å²) in [4.78, 5) is 0. The molecule has 1 aliphatic heterocycles. The molecule has 0 aliphatic carbocycles. The normalized spacial score (nSPS) is 26.7. The van der Waals surface area contributed by atoms with Crippen molar-refractivity contribution in [3.05, 3.63) is 64.2 Å². The molecule has 2 aromatic rings. The van der Waals surface area contributed by atoms with Crippen molar-refractivity contribution >= 4 is 11.6 Å². The van der Waals surface area contributed by atoms with Crippen molar-refractivity contribution in [3.8, 4) is 5.75 Å².